The molecule has 30 heavy (non-hydrogen) atoms. The summed E-state index contributed by atoms with van der Waals surface area (Å²) in [5.41, 5.74) is 1.52. The predicted molar refractivity (Wildman–Crippen MR) is 117 cm³/mol. The molecule has 1 fully saturated rings. The summed E-state index contributed by atoms with van der Waals surface area (Å²) in [5, 5.41) is 6.46. The van der Waals surface area contributed by atoms with Crippen molar-refractivity contribution in [3.8, 4) is 0 Å². The summed E-state index contributed by atoms with van der Waals surface area (Å²) in [6, 6.07) is 12.7. The van der Waals surface area contributed by atoms with Crippen molar-refractivity contribution in [3.05, 3.63) is 65.7 Å². The number of nitrogens with one attached hydrogen (secondary N) is 2. The van der Waals surface area contributed by atoms with Crippen molar-refractivity contribution in [2.24, 2.45) is 4.99 Å². The number of pyridine rings is 1. The molecule has 6 nitrogen and oxygen atoms in total. The maximum absolute atomic E-state index is 14.2. The van der Waals surface area contributed by atoms with E-state index in [1.54, 1.807) is 24.2 Å². The normalized spacial score (nSPS) is 14.8. The van der Waals surface area contributed by atoms with E-state index in [1.165, 1.54) is 6.07 Å². The summed E-state index contributed by atoms with van der Waals surface area (Å²) in [6.45, 7) is 3.89. The lowest BCUT2D eigenvalue weighted by molar-refractivity contribution is -0.128. The average Bonchev–Trinajstić information content (AvgIpc) is 3.55. The van der Waals surface area contributed by atoms with Crippen molar-refractivity contribution in [1.29, 1.82) is 0 Å². The Morgan fingerprint density at radius 1 is 1.20 bits per heavy atom. The fraction of sp³-hybridized carbons (Fsp3) is 0.435. The third kappa shape index (κ3) is 5.78. The lowest BCUT2D eigenvalue weighted by atomic mass is 9.95. The molecule has 0 saturated heterocycles. The van der Waals surface area contributed by atoms with Gasteiger partial charge in [0.25, 0.3) is 0 Å². The number of guanidine groups is 1. The Hall–Kier alpha value is -2.96. The van der Waals surface area contributed by atoms with Crippen LogP contribution in [-0.4, -0.2) is 55.0 Å². The molecule has 0 atom stereocenters. The first-order chi connectivity index (χ1) is 14.5. The van der Waals surface area contributed by atoms with Crippen LogP contribution in [0, 0.1) is 5.82 Å². The number of aromatic nitrogens is 1. The first kappa shape index (κ1) is 21.7. The number of aliphatic imine (C=N–C) groups is 1. The van der Waals surface area contributed by atoms with Crippen molar-refractivity contribution < 1.29 is 9.18 Å². The van der Waals surface area contributed by atoms with E-state index >= 15 is 0 Å². The predicted octanol–water partition coefficient (Wildman–Crippen LogP) is 2.51. The van der Waals surface area contributed by atoms with E-state index in [2.05, 4.69) is 20.6 Å². The zero-order valence-corrected chi connectivity index (χ0v) is 17.7. The lowest BCUT2D eigenvalue weighted by Crippen LogP contribution is -2.42. The molecule has 0 radical (unpaired) electrons. The number of benzene rings is 1. The molecule has 0 unspecified atom stereocenters. The zero-order valence-electron chi connectivity index (χ0n) is 17.7. The van der Waals surface area contributed by atoms with Crippen molar-refractivity contribution in [2.45, 2.75) is 31.6 Å². The second-order valence-electron chi connectivity index (χ2n) is 7.70. The summed E-state index contributed by atoms with van der Waals surface area (Å²) in [7, 11) is 1.78. The van der Waals surface area contributed by atoms with Gasteiger partial charge in [-0.3, -0.25) is 9.78 Å². The van der Waals surface area contributed by atoms with Gasteiger partial charge >= 0.3 is 0 Å². The van der Waals surface area contributed by atoms with Gasteiger partial charge in [-0.1, -0.05) is 24.3 Å². The third-order valence-corrected chi connectivity index (χ3v) is 5.46. The van der Waals surface area contributed by atoms with Crippen molar-refractivity contribution >= 4 is 11.9 Å². The molecule has 1 aromatic carbocycles. The summed E-state index contributed by atoms with van der Waals surface area (Å²) in [6.07, 6.45) is 4.34. The molecule has 1 aromatic heterocycles. The Morgan fingerprint density at radius 2 is 1.97 bits per heavy atom. The number of likely N-dealkylation sites (N-methyl/N-ethyl adjacent to an activating group) is 1. The maximum atomic E-state index is 14.2. The first-order valence-corrected chi connectivity index (χ1v) is 10.4. The highest BCUT2D eigenvalue weighted by atomic mass is 19.1. The van der Waals surface area contributed by atoms with Crippen molar-refractivity contribution in [1.82, 2.24) is 20.5 Å². The van der Waals surface area contributed by atoms with Gasteiger partial charge in [0.15, 0.2) is 5.96 Å². The topological polar surface area (TPSA) is 69.6 Å². The average molecular weight is 412 g/mol. The monoisotopic (exact) mass is 411 g/mol. The summed E-state index contributed by atoms with van der Waals surface area (Å²) in [4.78, 5) is 22.8. The lowest BCUT2D eigenvalue weighted by Gasteiger charge is -2.20. The van der Waals surface area contributed by atoms with E-state index in [-0.39, 0.29) is 23.7 Å². The van der Waals surface area contributed by atoms with Crippen LogP contribution in [0.25, 0.3) is 0 Å². The molecule has 1 aliphatic rings. The molecule has 0 bridgehead atoms. The Bertz CT molecular complexity index is 867. The molecule has 2 N–H and O–H groups in total. The molecule has 160 valence electrons. The molecule has 0 aliphatic heterocycles. The van der Waals surface area contributed by atoms with Crippen LogP contribution in [0.5, 0.6) is 0 Å². The van der Waals surface area contributed by atoms with Crippen LogP contribution in [0.1, 0.15) is 31.0 Å². The van der Waals surface area contributed by atoms with Crippen LogP contribution >= 0.6 is 0 Å². The Morgan fingerprint density at radius 3 is 2.63 bits per heavy atom. The van der Waals surface area contributed by atoms with Crippen LogP contribution in [0.4, 0.5) is 4.39 Å². The van der Waals surface area contributed by atoms with Gasteiger partial charge in [0.1, 0.15) is 12.4 Å². The molecular weight excluding hydrogens is 381 g/mol. The largest absolute Gasteiger partial charge is 0.357 e. The molecule has 1 heterocycles. The number of amides is 1. The minimum atomic E-state index is -0.189. The number of carbonyl (C=O) groups is 1. The fourth-order valence-electron chi connectivity index (χ4n) is 3.40. The van der Waals surface area contributed by atoms with Crippen LogP contribution in [0.2, 0.25) is 0 Å². The van der Waals surface area contributed by atoms with Crippen molar-refractivity contribution in [3.63, 3.8) is 0 Å². The smallest absolute Gasteiger partial charge is 0.244 e. The van der Waals surface area contributed by atoms with Gasteiger partial charge in [0, 0.05) is 50.4 Å². The first-order valence-electron chi connectivity index (χ1n) is 10.4. The summed E-state index contributed by atoms with van der Waals surface area (Å²) < 4.78 is 14.2. The Labute approximate surface area is 177 Å². The number of hydrogen-bond donors (Lipinski definition) is 2. The maximum Gasteiger partial charge on any atom is 0.244 e. The zero-order chi connectivity index (χ0) is 21.4. The number of hydrogen-bond acceptors (Lipinski definition) is 3. The van der Waals surface area contributed by atoms with Crippen LogP contribution in [0.3, 0.4) is 0 Å². The number of carbonyl (C=O) groups excluding carboxylic acids is 1. The van der Waals surface area contributed by atoms with Gasteiger partial charge < -0.3 is 15.5 Å². The molecule has 7 heteroatoms. The highest BCUT2D eigenvalue weighted by molar-refractivity contribution is 5.85. The fourth-order valence-corrected chi connectivity index (χ4v) is 3.40. The molecule has 1 aliphatic carbocycles. The molecular formula is C23H30FN5O. The number of nitrogens with zero attached hydrogens (tertiary/aromatic N) is 3. The van der Waals surface area contributed by atoms with Gasteiger partial charge in [-0.2, -0.15) is 0 Å². The van der Waals surface area contributed by atoms with Gasteiger partial charge in [-0.15, -0.1) is 0 Å². The molecule has 1 amide bonds. The van der Waals surface area contributed by atoms with Gasteiger partial charge in [-0.25, -0.2) is 9.38 Å². The Balaban J connectivity index is 1.52. The van der Waals surface area contributed by atoms with E-state index in [0.717, 1.165) is 24.1 Å². The highest BCUT2D eigenvalue weighted by Gasteiger charge is 2.45. The quantitative estimate of drug-likeness (QED) is 0.491. The van der Waals surface area contributed by atoms with E-state index in [0.29, 0.717) is 32.0 Å². The summed E-state index contributed by atoms with van der Waals surface area (Å²) >= 11 is 0. The third-order valence-electron chi connectivity index (χ3n) is 5.46. The minimum absolute atomic E-state index is 0.0563. The van der Waals surface area contributed by atoms with E-state index in [4.69, 9.17) is 0 Å². The van der Waals surface area contributed by atoms with Crippen LogP contribution < -0.4 is 10.6 Å². The molecule has 1 saturated carbocycles. The van der Waals surface area contributed by atoms with Gasteiger partial charge in [0.2, 0.25) is 5.91 Å². The van der Waals surface area contributed by atoms with E-state index < -0.39 is 0 Å². The number of halogens is 1. The van der Waals surface area contributed by atoms with Gasteiger partial charge in [0.05, 0.1) is 0 Å². The minimum Gasteiger partial charge on any atom is -0.357 e. The van der Waals surface area contributed by atoms with Crippen LogP contribution in [0.15, 0.2) is 53.7 Å². The SMILES string of the molecule is CCNC(=NCC(=O)N(C)CCc1ccccn1)NCC1(c2ccccc2F)CC1. The van der Waals surface area contributed by atoms with Crippen molar-refractivity contribution in [2.75, 3.05) is 33.2 Å². The summed E-state index contributed by atoms with van der Waals surface area (Å²) in [5.74, 6) is 0.355. The van der Waals surface area contributed by atoms with Gasteiger partial charge in [-0.05, 0) is 43.5 Å². The number of rotatable bonds is 9. The Kier molecular flexibility index (Phi) is 7.38. The van der Waals surface area contributed by atoms with E-state index in [1.807, 2.05) is 37.3 Å². The van der Waals surface area contributed by atoms with E-state index in [9.17, 15) is 9.18 Å². The molecule has 0 spiro atoms. The molecule has 3 rings (SSSR count). The second-order valence-corrected chi connectivity index (χ2v) is 7.70. The van der Waals surface area contributed by atoms with Crippen LogP contribution in [-0.2, 0) is 16.6 Å². The second kappa shape index (κ2) is 10.2. The standard InChI is InChI=1S/C23H30FN5O/c1-3-25-22(28-17-23(12-13-23)19-9-4-5-10-20(19)24)27-16-21(30)29(2)15-11-18-8-6-7-14-26-18/h4-10,14H,3,11-13,15-17H2,1-2H3,(H2,25,27,28). The highest BCUT2D eigenvalue weighted by Crippen LogP contribution is 2.48. The molecule has 2 aromatic rings.